The molecule has 0 aliphatic heterocycles. The number of nitrogens with one attached hydrogen (secondary N) is 1. The van der Waals surface area contributed by atoms with Crippen molar-refractivity contribution >= 4 is 11.5 Å². The van der Waals surface area contributed by atoms with Crippen LogP contribution < -0.4 is 11.1 Å². The number of nitrogens with zero attached hydrogens (tertiary/aromatic N) is 2. The summed E-state index contributed by atoms with van der Waals surface area (Å²) in [7, 11) is 0. The van der Waals surface area contributed by atoms with E-state index in [1.54, 1.807) is 0 Å². The van der Waals surface area contributed by atoms with Crippen LogP contribution in [0.5, 0.6) is 0 Å². The van der Waals surface area contributed by atoms with E-state index in [0.29, 0.717) is 0 Å². The maximum atomic E-state index is 5.54. The Morgan fingerprint density at radius 1 is 1.16 bits per heavy atom. The van der Waals surface area contributed by atoms with E-state index in [4.69, 9.17) is 5.73 Å². The van der Waals surface area contributed by atoms with Gasteiger partial charge in [-0.2, -0.15) is 0 Å². The van der Waals surface area contributed by atoms with Crippen LogP contribution in [0.4, 0.5) is 11.5 Å². The second-order valence-electron chi connectivity index (χ2n) is 4.66. The lowest BCUT2D eigenvalue weighted by Gasteiger charge is -2.09. The molecule has 0 bridgehead atoms. The molecule has 19 heavy (non-hydrogen) atoms. The fourth-order valence-electron chi connectivity index (χ4n) is 2.04. The van der Waals surface area contributed by atoms with E-state index in [1.807, 2.05) is 26.0 Å². The first-order valence-corrected chi connectivity index (χ1v) is 6.55. The monoisotopic (exact) mass is 256 g/mol. The van der Waals surface area contributed by atoms with Crippen LogP contribution in [0.3, 0.4) is 0 Å². The molecule has 2 aromatic rings. The zero-order chi connectivity index (χ0) is 13.7. The highest BCUT2D eigenvalue weighted by Gasteiger charge is 2.00. The molecule has 0 unspecified atom stereocenters. The summed E-state index contributed by atoms with van der Waals surface area (Å²) in [5, 5.41) is 3.32. The van der Waals surface area contributed by atoms with Gasteiger partial charge >= 0.3 is 0 Å². The molecule has 0 aliphatic carbocycles. The van der Waals surface area contributed by atoms with Crippen molar-refractivity contribution in [3.63, 3.8) is 0 Å². The van der Waals surface area contributed by atoms with Gasteiger partial charge < -0.3 is 11.1 Å². The topological polar surface area (TPSA) is 63.8 Å². The van der Waals surface area contributed by atoms with E-state index in [-0.39, 0.29) is 0 Å². The molecular formula is C15H20N4. The zero-order valence-corrected chi connectivity index (χ0v) is 11.5. The molecule has 0 atom stereocenters. The van der Waals surface area contributed by atoms with Crippen molar-refractivity contribution in [1.29, 1.82) is 0 Å². The van der Waals surface area contributed by atoms with Gasteiger partial charge in [-0.15, -0.1) is 0 Å². The summed E-state index contributed by atoms with van der Waals surface area (Å²) < 4.78 is 0. The molecule has 1 aromatic heterocycles. The lowest BCUT2D eigenvalue weighted by Crippen LogP contribution is -2.01. The van der Waals surface area contributed by atoms with Gasteiger partial charge in [-0.25, -0.2) is 9.97 Å². The van der Waals surface area contributed by atoms with Gasteiger partial charge in [0.2, 0.25) is 0 Å². The van der Waals surface area contributed by atoms with Crippen LogP contribution in [-0.2, 0) is 6.42 Å². The molecule has 4 nitrogen and oxygen atoms in total. The third kappa shape index (κ3) is 4.03. The minimum atomic E-state index is 0.724. The average molecular weight is 256 g/mol. The highest BCUT2D eigenvalue weighted by atomic mass is 15.0. The van der Waals surface area contributed by atoms with Crippen LogP contribution in [0.2, 0.25) is 0 Å². The normalized spacial score (nSPS) is 10.5. The quantitative estimate of drug-likeness (QED) is 0.863. The molecule has 0 spiro atoms. The SMILES string of the molecule is Cc1cc(Nc2cccc(CCCN)c2)nc(C)n1. The molecule has 0 amide bonds. The van der Waals surface area contributed by atoms with E-state index >= 15 is 0 Å². The maximum Gasteiger partial charge on any atom is 0.134 e. The predicted molar refractivity (Wildman–Crippen MR) is 78.6 cm³/mol. The summed E-state index contributed by atoms with van der Waals surface area (Å²) in [6, 6.07) is 10.3. The Bertz CT molecular complexity index is 531. The first-order chi connectivity index (χ1) is 9.17. The lowest BCUT2D eigenvalue weighted by atomic mass is 10.1. The Hall–Kier alpha value is -1.94. The molecular weight excluding hydrogens is 236 g/mol. The number of nitrogens with two attached hydrogens (primary N) is 1. The molecule has 0 radical (unpaired) electrons. The van der Waals surface area contributed by atoms with Gasteiger partial charge in [-0.05, 0) is 50.9 Å². The Labute approximate surface area is 114 Å². The van der Waals surface area contributed by atoms with E-state index in [9.17, 15) is 0 Å². The molecule has 0 fully saturated rings. The predicted octanol–water partition coefficient (Wildman–Crippen LogP) is 2.73. The van der Waals surface area contributed by atoms with Crippen molar-refractivity contribution in [1.82, 2.24) is 9.97 Å². The number of benzene rings is 1. The second kappa shape index (κ2) is 6.29. The molecule has 2 rings (SSSR count). The number of aryl methyl sites for hydroxylation is 3. The van der Waals surface area contributed by atoms with Crippen molar-refractivity contribution in [3.8, 4) is 0 Å². The van der Waals surface area contributed by atoms with Gasteiger partial charge in [0.1, 0.15) is 11.6 Å². The summed E-state index contributed by atoms with van der Waals surface area (Å²) in [5.41, 5.74) is 8.84. The van der Waals surface area contributed by atoms with Crippen LogP contribution >= 0.6 is 0 Å². The highest BCUT2D eigenvalue weighted by molar-refractivity contribution is 5.57. The van der Waals surface area contributed by atoms with E-state index in [1.165, 1.54) is 5.56 Å². The Kier molecular flexibility index (Phi) is 4.47. The molecule has 0 saturated carbocycles. The minimum absolute atomic E-state index is 0.724. The first kappa shape index (κ1) is 13.5. The fraction of sp³-hybridized carbons (Fsp3) is 0.333. The van der Waals surface area contributed by atoms with Crippen LogP contribution in [0, 0.1) is 13.8 Å². The van der Waals surface area contributed by atoms with E-state index in [0.717, 1.165) is 42.4 Å². The number of hydrogen-bond donors (Lipinski definition) is 2. The molecule has 1 aromatic carbocycles. The Morgan fingerprint density at radius 2 is 2.00 bits per heavy atom. The van der Waals surface area contributed by atoms with Gasteiger partial charge in [-0.1, -0.05) is 12.1 Å². The fourth-order valence-corrected chi connectivity index (χ4v) is 2.04. The van der Waals surface area contributed by atoms with Crippen molar-refractivity contribution in [3.05, 3.63) is 47.4 Å². The van der Waals surface area contributed by atoms with Crippen molar-refractivity contribution in [2.75, 3.05) is 11.9 Å². The van der Waals surface area contributed by atoms with Gasteiger partial charge in [0.25, 0.3) is 0 Å². The smallest absolute Gasteiger partial charge is 0.134 e. The summed E-state index contributed by atoms with van der Waals surface area (Å²) in [6.45, 7) is 4.59. The Morgan fingerprint density at radius 3 is 2.74 bits per heavy atom. The van der Waals surface area contributed by atoms with Crippen molar-refractivity contribution in [2.45, 2.75) is 26.7 Å². The largest absolute Gasteiger partial charge is 0.340 e. The van der Waals surface area contributed by atoms with Crippen molar-refractivity contribution < 1.29 is 0 Å². The van der Waals surface area contributed by atoms with Crippen LogP contribution in [-0.4, -0.2) is 16.5 Å². The highest BCUT2D eigenvalue weighted by Crippen LogP contribution is 2.17. The second-order valence-corrected chi connectivity index (χ2v) is 4.66. The Balaban J connectivity index is 2.13. The number of hydrogen-bond acceptors (Lipinski definition) is 4. The number of anilines is 2. The molecule has 0 aliphatic rings. The minimum Gasteiger partial charge on any atom is -0.340 e. The maximum absolute atomic E-state index is 5.54. The van der Waals surface area contributed by atoms with Crippen LogP contribution in [0.1, 0.15) is 23.5 Å². The number of aromatic nitrogens is 2. The van der Waals surface area contributed by atoms with E-state index in [2.05, 4.69) is 33.5 Å². The van der Waals surface area contributed by atoms with Gasteiger partial charge in [0.15, 0.2) is 0 Å². The first-order valence-electron chi connectivity index (χ1n) is 6.55. The molecule has 3 N–H and O–H groups in total. The molecule has 4 heteroatoms. The molecule has 0 saturated heterocycles. The van der Waals surface area contributed by atoms with Gasteiger partial charge in [0, 0.05) is 17.4 Å². The lowest BCUT2D eigenvalue weighted by molar-refractivity contribution is 0.833. The van der Waals surface area contributed by atoms with E-state index < -0.39 is 0 Å². The average Bonchev–Trinajstić information content (AvgIpc) is 2.35. The third-order valence-electron chi connectivity index (χ3n) is 2.83. The third-order valence-corrected chi connectivity index (χ3v) is 2.83. The van der Waals surface area contributed by atoms with Crippen LogP contribution in [0.25, 0.3) is 0 Å². The zero-order valence-electron chi connectivity index (χ0n) is 11.5. The standard InChI is InChI=1S/C15H20N4/c1-11-9-15(18-12(2)17-11)19-14-7-3-5-13(10-14)6-4-8-16/h3,5,7,9-10H,4,6,8,16H2,1-2H3,(H,17,18,19). The summed E-state index contributed by atoms with van der Waals surface area (Å²) in [4.78, 5) is 8.65. The van der Waals surface area contributed by atoms with Crippen molar-refractivity contribution in [2.24, 2.45) is 5.73 Å². The number of rotatable bonds is 5. The van der Waals surface area contributed by atoms with Gasteiger partial charge in [0.05, 0.1) is 0 Å². The van der Waals surface area contributed by atoms with Crippen LogP contribution in [0.15, 0.2) is 30.3 Å². The molecule has 100 valence electrons. The molecule has 1 heterocycles. The van der Waals surface area contributed by atoms with Gasteiger partial charge in [-0.3, -0.25) is 0 Å². The summed E-state index contributed by atoms with van der Waals surface area (Å²) >= 11 is 0. The summed E-state index contributed by atoms with van der Waals surface area (Å²) in [5.74, 6) is 1.61. The summed E-state index contributed by atoms with van der Waals surface area (Å²) in [6.07, 6.45) is 2.02.